The minimum Gasteiger partial charge on any atom is -0.448 e. The highest BCUT2D eigenvalue weighted by Gasteiger charge is 2.18. The van der Waals surface area contributed by atoms with Gasteiger partial charge < -0.3 is 19.3 Å². The van der Waals surface area contributed by atoms with E-state index in [2.05, 4.69) is 4.74 Å². The zero-order valence-corrected chi connectivity index (χ0v) is 9.11. The molecule has 2 aliphatic heterocycles. The molecule has 0 aromatic heterocycles. The summed E-state index contributed by atoms with van der Waals surface area (Å²) in [4.78, 5) is 10.1. The van der Waals surface area contributed by atoms with Gasteiger partial charge in [-0.05, 0) is 6.42 Å². The van der Waals surface area contributed by atoms with Crippen molar-refractivity contribution in [3.63, 3.8) is 0 Å². The summed E-state index contributed by atoms with van der Waals surface area (Å²) in [5.41, 5.74) is -0.745. The Hall–Kier alpha value is -0.360. The van der Waals surface area contributed by atoms with Gasteiger partial charge in [-0.25, -0.2) is 4.79 Å². The van der Waals surface area contributed by atoms with E-state index in [0.717, 1.165) is 19.4 Å². The Morgan fingerprint density at radius 2 is 1.93 bits per heavy atom. The lowest BCUT2D eigenvalue weighted by molar-refractivity contribution is 0.101. The lowest BCUT2D eigenvalue weighted by Crippen LogP contribution is -2.13. The Labute approximate surface area is 93.3 Å². The van der Waals surface area contributed by atoms with Gasteiger partial charge >= 0.3 is 5.43 Å². The first-order chi connectivity index (χ1) is 7.18. The summed E-state index contributed by atoms with van der Waals surface area (Å²) in [5.74, 6) is 0. The first kappa shape index (κ1) is 12.7. The van der Waals surface area contributed by atoms with Gasteiger partial charge in [-0.3, -0.25) is 0 Å². The van der Waals surface area contributed by atoms with Crippen LogP contribution in [0.5, 0.6) is 0 Å². The van der Waals surface area contributed by atoms with Crippen molar-refractivity contribution in [1.82, 2.24) is 0 Å². The summed E-state index contributed by atoms with van der Waals surface area (Å²) in [5, 5.41) is 8.60. The maximum atomic E-state index is 10.1. The summed E-state index contributed by atoms with van der Waals surface area (Å²) in [7, 11) is 0. The predicted octanol–water partition coefficient (Wildman–Crippen LogP) is 0.918. The van der Waals surface area contributed by atoms with Crippen molar-refractivity contribution in [1.29, 1.82) is 0 Å². The fraction of sp³-hybridized carbons (Fsp3) is 0.889. The van der Waals surface area contributed by atoms with Crippen LogP contribution in [-0.4, -0.2) is 49.2 Å². The number of hydrogen-bond donors (Lipinski definition) is 1. The first-order valence-electron chi connectivity index (χ1n) is 4.88. The van der Waals surface area contributed by atoms with Crippen molar-refractivity contribution in [2.24, 2.45) is 0 Å². The molecule has 1 N–H and O–H groups in total. The number of carbonyl (C=O) groups excluding carboxylic acids is 1. The fourth-order valence-electron chi connectivity index (χ4n) is 1.26. The molecule has 0 spiro atoms. The van der Waals surface area contributed by atoms with Gasteiger partial charge in [0.2, 0.25) is 0 Å². The molecule has 2 heterocycles. The molecule has 0 bridgehead atoms. The van der Waals surface area contributed by atoms with E-state index in [0.29, 0.717) is 19.8 Å². The smallest absolute Gasteiger partial charge is 0.404 e. The number of carbonyl (C=O) groups is 1. The van der Waals surface area contributed by atoms with Gasteiger partial charge in [-0.15, -0.1) is 0 Å². The Bertz CT molecular complexity index is 187. The quantitative estimate of drug-likeness (QED) is 0.688. The molecule has 0 radical (unpaired) electrons. The van der Waals surface area contributed by atoms with E-state index in [1.54, 1.807) is 0 Å². The molecule has 2 saturated heterocycles. The molecule has 6 heteroatoms. The molecule has 0 aromatic rings. The minimum atomic E-state index is -0.745. The molecule has 2 atom stereocenters. The first-order valence-corrected chi connectivity index (χ1v) is 5.26. The molecule has 0 amide bonds. The number of aliphatic hydroxyl groups excluding tert-OH is 1. The van der Waals surface area contributed by atoms with Crippen LogP contribution in [0.2, 0.25) is 0 Å². The van der Waals surface area contributed by atoms with Gasteiger partial charge in [-0.2, -0.15) is 0 Å². The molecule has 0 saturated carbocycles. The zero-order valence-electron chi connectivity index (χ0n) is 8.36. The van der Waals surface area contributed by atoms with Gasteiger partial charge in [0, 0.05) is 24.6 Å². The van der Waals surface area contributed by atoms with Crippen LogP contribution in [0.4, 0.5) is 4.79 Å². The lowest BCUT2D eigenvalue weighted by Gasteiger charge is -2.04. The van der Waals surface area contributed by atoms with Crippen LogP contribution in [0.15, 0.2) is 0 Å². The summed E-state index contributed by atoms with van der Waals surface area (Å²) in [6, 6.07) is 0. The van der Waals surface area contributed by atoms with Crippen LogP contribution in [0.3, 0.4) is 0 Å². The topological polar surface area (TPSA) is 65.0 Å². The monoisotopic (exact) mass is 238 g/mol. The van der Waals surface area contributed by atoms with Crippen molar-refractivity contribution in [3.05, 3.63) is 0 Å². The van der Waals surface area contributed by atoms with E-state index >= 15 is 0 Å². The van der Waals surface area contributed by atoms with Crippen LogP contribution in [0, 0.1) is 0 Å². The van der Waals surface area contributed by atoms with Crippen molar-refractivity contribution < 1.29 is 24.1 Å². The molecule has 2 fully saturated rings. The Balaban J connectivity index is 0.000000162. The highest BCUT2D eigenvalue weighted by Crippen LogP contribution is 2.09. The Morgan fingerprint density at radius 3 is 2.27 bits per heavy atom. The van der Waals surface area contributed by atoms with Crippen LogP contribution in [0.1, 0.15) is 12.8 Å². The van der Waals surface area contributed by atoms with E-state index in [1.165, 1.54) is 0 Å². The SMILES string of the molecule is O=C(Cl)O[C@@H]1CCOC1.O[C@@H]1CCOC1. The van der Waals surface area contributed by atoms with Gasteiger partial charge in [-0.1, -0.05) is 0 Å². The number of hydrogen-bond acceptors (Lipinski definition) is 5. The van der Waals surface area contributed by atoms with Gasteiger partial charge in [0.25, 0.3) is 0 Å². The summed E-state index contributed by atoms with van der Waals surface area (Å²) in [6.07, 6.45) is 1.29. The number of aliphatic hydroxyl groups is 1. The number of ether oxygens (including phenoxy) is 3. The van der Waals surface area contributed by atoms with Gasteiger partial charge in [0.05, 0.1) is 25.9 Å². The van der Waals surface area contributed by atoms with Gasteiger partial charge in [0.1, 0.15) is 6.10 Å². The van der Waals surface area contributed by atoms with Crippen LogP contribution in [-0.2, 0) is 14.2 Å². The van der Waals surface area contributed by atoms with E-state index in [-0.39, 0.29) is 12.2 Å². The average Bonchev–Trinajstić information content (AvgIpc) is 2.78. The standard InChI is InChI=1S/C5H7ClO3.C4H8O2/c6-5(7)9-4-1-2-8-3-4;5-4-1-2-6-3-4/h4H,1-3H2;4-5H,1-3H2/t2*4-/m11/s1. The molecular weight excluding hydrogens is 224 g/mol. The molecule has 5 nitrogen and oxygen atoms in total. The van der Waals surface area contributed by atoms with Crippen molar-refractivity contribution in [2.75, 3.05) is 26.4 Å². The normalized spacial score (nSPS) is 29.5. The van der Waals surface area contributed by atoms with Crippen molar-refractivity contribution in [3.8, 4) is 0 Å². The number of halogens is 1. The lowest BCUT2D eigenvalue weighted by atomic mass is 10.3. The molecule has 0 aliphatic carbocycles. The third-order valence-corrected chi connectivity index (χ3v) is 2.14. The second-order valence-corrected chi connectivity index (χ2v) is 3.67. The fourth-order valence-corrected chi connectivity index (χ4v) is 1.38. The maximum absolute atomic E-state index is 10.1. The third-order valence-electron chi connectivity index (χ3n) is 2.05. The van der Waals surface area contributed by atoms with E-state index in [4.69, 9.17) is 26.2 Å². The highest BCUT2D eigenvalue weighted by atomic mass is 35.5. The largest absolute Gasteiger partial charge is 0.448 e. The van der Waals surface area contributed by atoms with E-state index in [1.807, 2.05) is 0 Å². The van der Waals surface area contributed by atoms with Crippen molar-refractivity contribution in [2.45, 2.75) is 25.0 Å². The molecule has 88 valence electrons. The second-order valence-electron chi connectivity index (χ2n) is 3.36. The average molecular weight is 239 g/mol. The summed E-state index contributed by atoms with van der Waals surface area (Å²) in [6.45, 7) is 2.43. The second kappa shape index (κ2) is 7.00. The van der Waals surface area contributed by atoms with Gasteiger partial charge in [0.15, 0.2) is 0 Å². The Morgan fingerprint density at radius 1 is 1.27 bits per heavy atom. The van der Waals surface area contributed by atoms with E-state index in [9.17, 15) is 4.79 Å². The molecule has 15 heavy (non-hydrogen) atoms. The Kier molecular flexibility index (Phi) is 5.93. The number of rotatable bonds is 1. The van der Waals surface area contributed by atoms with Crippen LogP contribution in [0.25, 0.3) is 0 Å². The van der Waals surface area contributed by atoms with Crippen molar-refractivity contribution >= 4 is 17.0 Å². The summed E-state index contributed by atoms with van der Waals surface area (Å²) < 4.78 is 14.3. The zero-order chi connectivity index (χ0) is 11.1. The van der Waals surface area contributed by atoms with Crippen LogP contribution < -0.4 is 0 Å². The molecule has 2 rings (SSSR count). The molecule has 2 aliphatic rings. The highest BCUT2D eigenvalue weighted by molar-refractivity contribution is 6.61. The minimum absolute atomic E-state index is 0.116. The van der Waals surface area contributed by atoms with Crippen LogP contribution >= 0.6 is 11.6 Å². The third kappa shape index (κ3) is 5.94. The molecular formula is C9H15ClO5. The summed E-state index contributed by atoms with van der Waals surface area (Å²) >= 11 is 4.94. The van der Waals surface area contributed by atoms with E-state index < -0.39 is 5.43 Å². The predicted molar refractivity (Wildman–Crippen MR) is 53.0 cm³/mol. The molecule has 0 aromatic carbocycles. The maximum Gasteiger partial charge on any atom is 0.404 e. The molecule has 0 unspecified atom stereocenters.